The van der Waals surface area contributed by atoms with Crippen LogP contribution < -0.4 is 5.56 Å². The minimum absolute atomic E-state index is 0.183. The Morgan fingerprint density at radius 1 is 1.29 bits per heavy atom. The highest BCUT2D eigenvalue weighted by molar-refractivity contribution is 5.89. The highest BCUT2D eigenvalue weighted by Gasteiger charge is 2.13. The summed E-state index contributed by atoms with van der Waals surface area (Å²) in [5, 5.41) is 10.7. The Hall–Kier alpha value is -2.96. The monoisotopic (exact) mass is 288 g/mol. The molecule has 0 amide bonds. The molecule has 1 heterocycles. The molecule has 2 rings (SSSR count). The van der Waals surface area contributed by atoms with E-state index in [9.17, 15) is 19.7 Å². The minimum Gasteiger partial charge on any atom is -0.465 e. The van der Waals surface area contributed by atoms with Gasteiger partial charge in [-0.05, 0) is 23.8 Å². The molecule has 0 spiro atoms. The van der Waals surface area contributed by atoms with Crippen LogP contribution in [0.1, 0.15) is 15.9 Å². The second-order valence-electron chi connectivity index (χ2n) is 4.27. The lowest BCUT2D eigenvalue weighted by Crippen LogP contribution is -2.22. The van der Waals surface area contributed by atoms with Gasteiger partial charge in [0.25, 0.3) is 0 Å². The summed E-state index contributed by atoms with van der Waals surface area (Å²) in [4.78, 5) is 33.2. The number of benzene rings is 1. The van der Waals surface area contributed by atoms with E-state index in [0.717, 1.165) is 5.56 Å². The van der Waals surface area contributed by atoms with Gasteiger partial charge in [-0.3, -0.25) is 14.9 Å². The van der Waals surface area contributed by atoms with Crippen molar-refractivity contribution in [3.63, 3.8) is 0 Å². The molecule has 7 nitrogen and oxygen atoms in total. The van der Waals surface area contributed by atoms with E-state index >= 15 is 0 Å². The molecule has 0 radical (unpaired) electrons. The number of aromatic nitrogens is 1. The molecular formula is C14H12N2O5. The van der Waals surface area contributed by atoms with Crippen molar-refractivity contribution < 1.29 is 14.5 Å². The third-order valence-electron chi connectivity index (χ3n) is 2.92. The Bertz CT molecular complexity index is 734. The first-order valence-corrected chi connectivity index (χ1v) is 6.04. The van der Waals surface area contributed by atoms with Gasteiger partial charge < -0.3 is 9.30 Å². The number of methoxy groups -OCH3 is 1. The van der Waals surface area contributed by atoms with Crippen LogP contribution in [0.15, 0.2) is 47.4 Å². The molecule has 108 valence electrons. The van der Waals surface area contributed by atoms with Crippen LogP contribution in [0.2, 0.25) is 0 Å². The van der Waals surface area contributed by atoms with Crippen molar-refractivity contribution in [2.75, 3.05) is 7.11 Å². The molecule has 0 saturated heterocycles. The lowest BCUT2D eigenvalue weighted by atomic mass is 10.1. The Labute approximate surface area is 119 Å². The summed E-state index contributed by atoms with van der Waals surface area (Å²) in [5.74, 6) is -0.450. The standard InChI is InChI=1S/C14H12N2O5/c1-21-14(18)11-6-4-10(5-7-11)9-15-8-2-3-12(13(15)17)16(19)20/h2-8H,9H2,1H3. The smallest absolute Gasteiger partial charge is 0.337 e. The highest BCUT2D eigenvalue weighted by atomic mass is 16.6. The van der Waals surface area contributed by atoms with Crippen LogP contribution in [-0.4, -0.2) is 22.6 Å². The summed E-state index contributed by atoms with van der Waals surface area (Å²) in [7, 11) is 1.29. The Morgan fingerprint density at radius 2 is 1.95 bits per heavy atom. The van der Waals surface area contributed by atoms with Crippen molar-refractivity contribution in [2.45, 2.75) is 6.54 Å². The molecule has 0 fully saturated rings. The number of carbonyl (C=O) groups excluding carboxylic acids is 1. The molecule has 1 aromatic heterocycles. The van der Waals surface area contributed by atoms with Crippen LogP contribution in [0, 0.1) is 10.1 Å². The number of rotatable bonds is 4. The van der Waals surface area contributed by atoms with Crippen molar-refractivity contribution in [3.8, 4) is 0 Å². The number of hydrogen-bond donors (Lipinski definition) is 0. The maximum absolute atomic E-state index is 11.9. The van der Waals surface area contributed by atoms with E-state index in [-0.39, 0.29) is 6.54 Å². The van der Waals surface area contributed by atoms with Crippen molar-refractivity contribution in [3.05, 3.63) is 74.2 Å². The molecule has 0 atom stereocenters. The topological polar surface area (TPSA) is 91.4 Å². The molecule has 7 heteroatoms. The SMILES string of the molecule is COC(=O)c1ccc(Cn2cccc([N+](=O)[O-])c2=O)cc1. The van der Waals surface area contributed by atoms with Crippen molar-refractivity contribution in [1.29, 1.82) is 0 Å². The van der Waals surface area contributed by atoms with Gasteiger partial charge in [0, 0.05) is 12.3 Å². The number of ether oxygens (including phenoxy) is 1. The van der Waals surface area contributed by atoms with Gasteiger partial charge in [-0.1, -0.05) is 12.1 Å². The summed E-state index contributed by atoms with van der Waals surface area (Å²) >= 11 is 0. The average molecular weight is 288 g/mol. The van der Waals surface area contributed by atoms with Gasteiger partial charge in [0.2, 0.25) is 0 Å². The molecule has 0 bridgehead atoms. The molecule has 0 aliphatic rings. The van der Waals surface area contributed by atoms with Gasteiger partial charge in [0.1, 0.15) is 0 Å². The van der Waals surface area contributed by atoms with Crippen LogP contribution in [0.5, 0.6) is 0 Å². The highest BCUT2D eigenvalue weighted by Crippen LogP contribution is 2.08. The van der Waals surface area contributed by atoms with E-state index < -0.39 is 22.1 Å². The first-order chi connectivity index (χ1) is 10.0. The normalized spacial score (nSPS) is 10.1. The van der Waals surface area contributed by atoms with E-state index in [1.807, 2.05) is 0 Å². The molecule has 0 saturated carbocycles. The molecule has 0 N–H and O–H groups in total. The summed E-state index contributed by atoms with van der Waals surface area (Å²) in [5.41, 5.74) is 0.00103. The maximum atomic E-state index is 11.9. The van der Waals surface area contributed by atoms with E-state index in [1.165, 1.54) is 30.0 Å². The fraction of sp³-hybridized carbons (Fsp3) is 0.143. The third-order valence-corrected chi connectivity index (χ3v) is 2.92. The van der Waals surface area contributed by atoms with Gasteiger partial charge in [0.15, 0.2) is 0 Å². The molecule has 0 unspecified atom stereocenters. The third kappa shape index (κ3) is 3.14. The van der Waals surface area contributed by atoms with E-state index in [4.69, 9.17) is 0 Å². The van der Waals surface area contributed by atoms with E-state index in [1.54, 1.807) is 24.3 Å². The predicted octanol–water partition coefficient (Wildman–Crippen LogP) is 1.59. The molecular weight excluding hydrogens is 276 g/mol. The van der Waals surface area contributed by atoms with Gasteiger partial charge >= 0.3 is 17.2 Å². The zero-order valence-corrected chi connectivity index (χ0v) is 11.2. The van der Waals surface area contributed by atoms with Crippen LogP contribution in [0.4, 0.5) is 5.69 Å². The van der Waals surface area contributed by atoms with Crippen LogP contribution in [0.3, 0.4) is 0 Å². The fourth-order valence-corrected chi connectivity index (χ4v) is 1.85. The Morgan fingerprint density at radius 3 is 2.52 bits per heavy atom. The van der Waals surface area contributed by atoms with Gasteiger partial charge in [0.05, 0.1) is 24.1 Å². The quantitative estimate of drug-likeness (QED) is 0.484. The first kappa shape index (κ1) is 14.4. The van der Waals surface area contributed by atoms with Crippen molar-refractivity contribution in [1.82, 2.24) is 4.57 Å². The predicted molar refractivity (Wildman–Crippen MR) is 74.2 cm³/mol. The van der Waals surface area contributed by atoms with Gasteiger partial charge in [-0.15, -0.1) is 0 Å². The fourth-order valence-electron chi connectivity index (χ4n) is 1.85. The Kier molecular flexibility index (Phi) is 4.13. The maximum Gasteiger partial charge on any atom is 0.337 e. The number of nitrogens with zero attached hydrogens (tertiary/aromatic N) is 2. The van der Waals surface area contributed by atoms with E-state index in [2.05, 4.69) is 4.74 Å². The molecule has 0 aliphatic heterocycles. The van der Waals surface area contributed by atoms with Crippen LogP contribution in [-0.2, 0) is 11.3 Å². The number of pyridine rings is 1. The summed E-state index contributed by atoms with van der Waals surface area (Å²) in [6.45, 7) is 0.183. The molecule has 0 aliphatic carbocycles. The lowest BCUT2D eigenvalue weighted by Gasteiger charge is -2.06. The summed E-state index contributed by atoms with van der Waals surface area (Å²) < 4.78 is 5.83. The Balaban J connectivity index is 2.27. The summed E-state index contributed by atoms with van der Waals surface area (Å²) in [6.07, 6.45) is 1.48. The lowest BCUT2D eigenvalue weighted by molar-refractivity contribution is -0.386. The van der Waals surface area contributed by atoms with Crippen LogP contribution in [0.25, 0.3) is 0 Å². The van der Waals surface area contributed by atoms with Crippen LogP contribution >= 0.6 is 0 Å². The molecule has 21 heavy (non-hydrogen) atoms. The zero-order valence-electron chi connectivity index (χ0n) is 11.2. The second-order valence-corrected chi connectivity index (χ2v) is 4.27. The largest absolute Gasteiger partial charge is 0.465 e. The van der Waals surface area contributed by atoms with Crippen molar-refractivity contribution >= 4 is 11.7 Å². The van der Waals surface area contributed by atoms with E-state index in [0.29, 0.717) is 5.56 Å². The summed E-state index contributed by atoms with van der Waals surface area (Å²) in [6, 6.07) is 9.09. The van der Waals surface area contributed by atoms with Gasteiger partial charge in [-0.2, -0.15) is 0 Å². The minimum atomic E-state index is -0.709. The first-order valence-electron chi connectivity index (χ1n) is 6.04. The number of nitro groups is 1. The van der Waals surface area contributed by atoms with Gasteiger partial charge in [-0.25, -0.2) is 4.79 Å². The number of hydrogen-bond acceptors (Lipinski definition) is 5. The second kappa shape index (κ2) is 6.00. The molecule has 2 aromatic rings. The number of carbonyl (C=O) groups is 1. The zero-order chi connectivity index (χ0) is 15.4. The average Bonchev–Trinajstić information content (AvgIpc) is 2.49. The molecule has 1 aromatic carbocycles. The number of esters is 1. The van der Waals surface area contributed by atoms with Crippen molar-refractivity contribution in [2.24, 2.45) is 0 Å².